The van der Waals surface area contributed by atoms with Crippen LogP contribution in [0.1, 0.15) is 49.0 Å². The molecule has 1 aromatic carbocycles. The fraction of sp³-hybridized carbons (Fsp3) is 0.310. The van der Waals surface area contributed by atoms with Crippen LogP contribution in [0.4, 0.5) is 11.4 Å². The molecule has 6 rings (SSSR count). The highest BCUT2D eigenvalue weighted by molar-refractivity contribution is 7.80. The molecule has 37 heavy (non-hydrogen) atoms. The second-order valence-corrected chi connectivity index (χ2v) is 10.7. The fourth-order valence-electron chi connectivity index (χ4n) is 5.50. The molecule has 3 aromatic heterocycles. The van der Waals surface area contributed by atoms with Crippen molar-refractivity contribution in [3.63, 3.8) is 0 Å². The Labute approximate surface area is 227 Å². The van der Waals surface area contributed by atoms with Gasteiger partial charge in [-0.25, -0.2) is 0 Å². The van der Waals surface area contributed by atoms with Crippen molar-refractivity contribution < 1.29 is 4.42 Å². The second kappa shape index (κ2) is 10.2. The van der Waals surface area contributed by atoms with E-state index in [1.54, 1.807) is 6.26 Å². The molecule has 6 nitrogen and oxygen atoms in total. The van der Waals surface area contributed by atoms with E-state index in [-0.39, 0.29) is 12.1 Å². The molecule has 0 saturated carbocycles. The molecule has 190 valence electrons. The molecule has 2 atom stereocenters. The number of hydrogen-bond acceptors (Lipinski definition) is 4. The topological polar surface area (TPSA) is 49.5 Å². The Balaban J connectivity index is 1.38. The van der Waals surface area contributed by atoms with Gasteiger partial charge in [0.25, 0.3) is 0 Å². The summed E-state index contributed by atoms with van der Waals surface area (Å²) in [7, 11) is 0. The molecule has 1 N–H and O–H groups in total. The number of benzene rings is 1. The summed E-state index contributed by atoms with van der Waals surface area (Å²) in [6, 6.07) is 20.2. The first-order valence-electron chi connectivity index (χ1n) is 12.8. The van der Waals surface area contributed by atoms with Gasteiger partial charge in [0, 0.05) is 36.9 Å². The average molecular weight is 532 g/mol. The van der Waals surface area contributed by atoms with Gasteiger partial charge in [0.05, 0.1) is 35.3 Å². The standard InChI is InChI=1S/C29H30ClN5OS/c1-20-11-15-33(16-12-20)25-10-9-21(18-23(25)30)35-28(27(32-29(35)37)24-7-2-3-13-31-24)26-8-4-14-34(26)19-22-6-5-17-36-22/h2-10,13-14,17-18,20,27-28H,11-12,15-16,19H2,1H3,(H,32,37)/t27-,28+/m1/s1. The summed E-state index contributed by atoms with van der Waals surface area (Å²) in [5.74, 6) is 1.67. The third-order valence-corrected chi connectivity index (χ3v) is 8.12. The van der Waals surface area contributed by atoms with Gasteiger partial charge in [0.1, 0.15) is 11.8 Å². The number of anilines is 2. The van der Waals surface area contributed by atoms with E-state index >= 15 is 0 Å². The number of pyridine rings is 1. The minimum atomic E-state index is -0.124. The third-order valence-electron chi connectivity index (χ3n) is 7.51. The zero-order valence-corrected chi connectivity index (χ0v) is 22.3. The molecule has 2 saturated heterocycles. The van der Waals surface area contributed by atoms with E-state index in [0.717, 1.165) is 52.6 Å². The van der Waals surface area contributed by atoms with Crippen molar-refractivity contribution in [2.45, 2.75) is 38.4 Å². The van der Waals surface area contributed by atoms with Gasteiger partial charge in [-0.15, -0.1) is 0 Å². The largest absolute Gasteiger partial charge is 0.467 e. The van der Waals surface area contributed by atoms with E-state index < -0.39 is 0 Å². The number of rotatable bonds is 6. The number of hydrogen-bond donors (Lipinski definition) is 1. The van der Waals surface area contributed by atoms with Gasteiger partial charge in [-0.05, 0) is 85.6 Å². The minimum Gasteiger partial charge on any atom is -0.467 e. The molecule has 0 aliphatic carbocycles. The maximum absolute atomic E-state index is 6.92. The Morgan fingerprint density at radius 1 is 1.08 bits per heavy atom. The number of furan rings is 1. The van der Waals surface area contributed by atoms with E-state index in [0.29, 0.717) is 11.7 Å². The first-order valence-corrected chi connectivity index (χ1v) is 13.6. The minimum absolute atomic E-state index is 0.120. The molecule has 0 unspecified atom stereocenters. The molecule has 4 aromatic rings. The molecule has 0 radical (unpaired) electrons. The highest BCUT2D eigenvalue weighted by atomic mass is 35.5. The number of aromatic nitrogens is 2. The van der Waals surface area contributed by atoms with Gasteiger partial charge in [0.15, 0.2) is 5.11 Å². The van der Waals surface area contributed by atoms with Crippen molar-refractivity contribution in [3.05, 3.63) is 101 Å². The summed E-state index contributed by atoms with van der Waals surface area (Å²) in [6.45, 7) is 5.03. The van der Waals surface area contributed by atoms with Crippen LogP contribution in [0.15, 0.2) is 83.7 Å². The average Bonchev–Trinajstić information content (AvgIpc) is 3.66. The number of piperidine rings is 1. The van der Waals surface area contributed by atoms with Crippen LogP contribution in [0.2, 0.25) is 5.02 Å². The zero-order chi connectivity index (χ0) is 25.4. The highest BCUT2D eigenvalue weighted by Crippen LogP contribution is 2.43. The molecule has 2 aliphatic heterocycles. The quantitative estimate of drug-likeness (QED) is 0.283. The number of nitrogens with zero attached hydrogens (tertiary/aromatic N) is 4. The van der Waals surface area contributed by atoms with Crippen molar-refractivity contribution >= 4 is 40.3 Å². The SMILES string of the molecule is CC1CCN(c2ccc(N3C(=S)N[C@H](c4ccccn4)[C@@H]3c3cccn3Cc3ccco3)cc2Cl)CC1. The lowest BCUT2D eigenvalue weighted by Gasteiger charge is -2.33. The molecule has 0 bridgehead atoms. The van der Waals surface area contributed by atoms with Crippen LogP contribution in [0.5, 0.6) is 0 Å². The van der Waals surface area contributed by atoms with Gasteiger partial charge < -0.3 is 24.1 Å². The summed E-state index contributed by atoms with van der Waals surface area (Å²) in [6.07, 6.45) is 8.00. The van der Waals surface area contributed by atoms with Crippen molar-refractivity contribution in [2.24, 2.45) is 5.92 Å². The van der Waals surface area contributed by atoms with Crippen LogP contribution in [-0.2, 0) is 6.54 Å². The lowest BCUT2D eigenvalue weighted by atomic mass is 9.98. The summed E-state index contributed by atoms with van der Waals surface area (Å²) in [5, 5.41) is 4.96. The lowest BCUT2D eigenvalue weighted by Crippen LogP contribution is -2.33. The lowest BCUT2D eigenvalue weighted by molar-refractivity contribution is 0.438. The maximum Gasteiger partial charge on any atom is 0.174 e. The summed E-state index contributed by atoms with van der Waals surface area (Å²) < 4.78 is 7.87. The van der Waals surface area contributed by atoms with Gasteiger partial charge in [-0.2, -0.15) is 0 Å². The molecular weight excluding hydrogens is 502 g/mol. The van der Waals surface area contributed by atoms with E-state index in [9.17, 15) is 0 Å². The second-order valence-electron chi connectivity index (χ2n) is 9.94. The Morgan fingerprint density at radius 3 is 2.68 bits per heavy atom. The summed E-state index contributed by atoms with van der Waals surface area (Å²) in [5.41, 5.74) is 4.11. The van der Waals surface area contributed by atoms with Crippen LogP contribution in [0, 0.1) is 5.92 Å². The molecule has 0 spiro atoms. The van der Waals surface area contributed by atoms with Crippen LogP contribution in [0.3, 0.4) is 0 Å². The van der Waals surface area contributed by atoms with Crippen molar-refractivity contribution in [1.29, 1.82) is 0 Å². The molecule has 2 fully saturated rings. The monoisotopic (exact) mass is 531 g/mol. The van der Waals surface area contributed by atoms with Crippen LogP contribution in [-0.4, -0.2) is 27.8 Å². The molecule has 2 aliphatic rings. The van der Waals surface area contributed by atoms with Crippen molar-refractivity contribution in [2.75, 3.05) is 22.9 Å². The number of halogens is 1. The predicted molar refractivity (Wildman–Crippen MR) is 152 cm³/mol. The maximum atomic E-state index is 6.92. The van der Waals surface area contributed by atoms with Crippen LogP contribution >= 0.6 is 23.8 Å². The zero-order valence-electron chi connectivity index (χ0n) is 20.8. The Bertz CT molecular complexity index is 1360. The Kier molecular flexibility index (Phi) is 6.65. The number of nitrogens with one attached hydrogen (secondary N) is 1. The fourth-order valence-corrected chi connectivity index (χ4v) is 6.14. The van der Waals surface area contributed by atoms with E-state index in [1.807, 2.05) is 36.5 Å². The molecular formula is C29H30ClN5OS. The summed E-state index contributed by atoms with van der Waals surface area (Å²) in [4.78, 5) is 9.25. The normalized spacial score (nSPS) is 20.4. The predicted octanol–water partition coefficient (Wildman–Crippen LogP) is 6.59. The van der Waals surface area contributed by atoms with Gasteiger partial charge in [0.2, 0.25) is 0 Å². The van der Waals surface area contributed by atoms with Gasteiger partial charge >= 0.3 is 0 Å². The smallest absolute Gasteiger partial charge is 0.174 e. The van der Waals surface area contributed by atoms with Crippen LogP contribution < -0.4 is 15.1 Å². The first-order chi connectivity index (χ1) is 18.1. The van der Waals surface area contributed by atoms with Crippen LogP contribution in [0.25, 0.3) is 0 Å². The summed E-state index contributed by atoms with van der Waals surface area (Å²) >= 11 is 12.8. The van der Waals surface area contributed by atoms with E-state index in [2.05, 4.69) is 68.1 Å². The Morgan fingerprint density at radius 2 is 1.95 bits per heavy atom. The van der Waals surface area contributed by atoms with Gasteiger partial charge in [-0.3, -0.25) is 4.98 Å². The van der Waals surface area contributed by atoms with Gasteiger partial charge in [-0.1, -0.05) is 24.6 Å². The van der Waals surface area contributed by atoms with E-state index in [1.165, 1.54) is 12.8 Å². The highest BCUT2D eigenvalue weighted by Gasteiger charge is 2.42. The molecule has 8 heteroatoms. The number of thiocarbonyl (C=S) groups is 1. The van der Waals surface area contributed by atoms with E-state index in [4.69, 9.17) is 28.2 Å². The molecule has 5 heterocycles. The van der Waals surface area contributed by atoms with Crippen molar-refractivity contribution in [3.8, 4) is 0 Å². The molecule has 0 amide bonds. The first kappa shape index (κ1) is 24.1. The Hall–Kier alpha value is -3.29. The third kappa shape index (κ3) is 4.74. The van der Waals surface area contributed by atoms with Crippen molar-refractivity contribution in [1.82, 2.24) is 14.9 Å².